The third-order valence-electron chi connectivity index (χ3n) is 6.18. The van der Waals surface area contributed by atoms with Gasteiger partial charge in [-0.1, -0.05) is 36.4 Å². The van der Waals surface area contributed by atoms with Crippen molar-refractivity contribution in [3.8, 4) is 11.3 Å². The molecule has 1 aliphatic rings. The van der Waals surface area contributed by atoms with E-state index in [4.69, 9.17) is 9.47 Å². The van der Waals surface area contributed by atoms with Gasteiger partial charge in [0, 0.05) is 30.9 Å². The van der Waals surface area contributed by atoms with Crippen molar-refractivity contribution in [2.75, 3.05) is 13.2 Å². The van der Waals surface area contributed by atoms with E-state index in [9.17, 15) is 9.59 Å². The SMILES string of the molecule is CCOC(=O)c1cn(Cc2ccc(-c3ccnn3C3CCCCO3)cc2)c2ccccc2c1=O. The predicted molar refractivity (Wildman–Crippen MR) is 130 cm³/mol. The number of ether oxygens (including phenoxy) is 2. The molecule has 0 radical (unpaired) electrons. The summed E-state index contributed by atoms with van der Waals surface area (Å²) in [4.78, 5) is 25.3. The third kappa shape index (κ3) is 4.26. The zero-order valence-electron chi connectivity index (χ0n) is 19.1. The molecule has 0 bridgehead atoms. The van der Waals surface area contributed by atoms with E-state index in [0.717, 1.165) is 48.2 Å². The van der Waals surface area contributed by atoms with Crippen LogP contribution in [0.4, 0.5) is 0 Å². The average Bonchev–Trinajstić information content (AvgIpc) is 3.37. The lowest BCUT2D eigenvalue weighted by atomic mass is 10.1. The zero-order chi connectivity index (χ0) is 23.5. The molecule has 2 aromatic carbocycles. The summed E-state index contributed by atoms with van der Waals surface area (Å²) in [6.07, 6.45) is 6.60. The maximum Gasteiger partial charge on any atom is 0.343 e. The van der Waals surface area contributed by atoms with Crippen LogP contribution < -0.4 is 5.43 Å². The summed E-state index contributed by atoms with van der Waals surface area (Å²) in [6, 6.07) is 17.6. The third-order valence-corrected chi connectivity index (χ3v) is 6.18. The highest BCUT2D eigenvalue weighted by atomic mass is 16.5. The van der Waals surface area contributed by atoms with Crippen LogP contribution in [-0.4, -0.2) is 33.5 Å². The Morgan fingerprint density at radius 3 is 2.71 bits per heavy atom. The van der Waals surface area contributed by atoms with Crippen LogP contribution in [0.25, 0.3) is 22.2 Å². The van der Waals surface area contributed by atoms with Crippen LogP contribution in [0.5, 0.6) is 0 Å². The van der Waals surface area contributed by atoms with Gasteiger partial charge >= 0.3 is 5.97 Å². The maximum atomic E-state index is 12.9. The molecular formula is C27H27N3O4. The minimum Gasteiger partial charge on any atom is -0.462 e. The molecule has 7 heteroatoms. The molecule has 5 rings (SSSR count). The fourth-order valence-electron chi connectivity index (χ4n) is 4.50. The molecule has 0 N–H and O–H groups in total. The largest absolute Gasteiger partial charge is 0.462 e. The van der Waals surface area contributed by atoms with Crippen LogP contribution in [0.1, 0.15) is 48.3 Å². The van der Waals surface area contributed by atoms with Crippen molar-refractivity contribution >= 4 is 16.9 Å². The average molecular weight is 458 g/mol. The van der Waals surface area contributed by atoms with E-state index in [1.165, 1.54) is 0 Å². The van der Waals surface area contributed by atoms with Gasteiger partial charge in [0.2, 0.25) is 5.43 Å². The Hall–Kier alpha value is -3.71. The number of hydrogen-bond donors (Lipinski definition) is 0. The maximum absolute atomic E-state index is 12.9. The second-order valence-electron chi connectivity index (χ2n) is 8.42. The number of pyridine rings is 1. The van der Waals surface area contributed by atoms with Crippen LogP contribution in [0.2, 0.25) is 0 Å². The molecule has 1 atom stereocenters. The monoisotopic (exact) mass is 457 g/mol. The van der Waals surface area contributed by atoms with Crippen molar-refractivity contribution in [2.24, 2.45) is 0 Å². The molecule has 174 valence electrons. The van der Waals surface area contributed by atoms with Crippen LogP contribution >= 0.6 is 0 Å². The van der Waals surface area contributed by atoms with E-state index in [1.54, 1.807) is 25.3 Å². The first kappa shape index (κ1) is 22.1. The molecule has 7 nitrogen and oxygen atoms in total. The summed E-state index contributed by atoms with van der Waals surface area (Å²) in [5.41, 5.74) is 3.65. The minimum atomic E-state index is -0.597. The Morgan fingerprint density at radius 1 is 1.12 bits per heavy atom. The predicted octanol–water partition coefficient (Wildman–Crippen LogP) is 4.79. The molecule has 0 saturated carbocycles. The second-order valence-corrected chi connectivity index (χ2v) is 8.42. The molecular weight excluding hydrogens is 430 g/mol. The normalized spacial score (nSPS) is 16.0. The van der Waals surface area contributed by atoms with E-state index in [-0.39, 0.29) is 23.8 Å². The summed E-state index contributed by atoms with van der Waals surface area (Å²) >= 11 is 0. The van der Waals surface area contributed by atoms with Gasteiger partial charge in [-0.3, -0.25) is 4.79 Å². The van der Waals surface area contributed by atoms with Crippen LogP contribution in [0, 0.1) is 0 Å². The highest BCUT2D eigenvalue weighted by Crippen LogP contribution is 2.28. The number of aromatic nitrogens is 3. The van der Waals surface area contributed by atoms with Gasteiger partial charge in [-0.2, -0.15) is 5.10 Å². The van der Waals surface area contributed by atoms with Gasteiger partial charge in [0.25, 0.3) is 0 Å². The summed E-state index contributed by atoms with van der Waals surface area (Å²) in [5.74, 6) is -0.597. The minimum absolute atomic E-state index is 0.0211. The lowest BCUT2D eigenvalue weighted by molar-refractivity contribution is -0.0383. The van der Waals surface area contributed by atoms with Crippen LogP contribution in [0.3, 0.4) is 0 Å². The van der Waals surface area contributed by atoms with E-state index >= 15 is 0 Å². The molecule has 0 aliphatic carbocycles. The van der Waals surface area contributed by atoms with Crippen molar-refractivity contribution in [3.63, 3.8) is 0 Å². The number of hydrogen-bond acceptors (Lipinski definition) is 5. The van der Waals surface area contributed by atoms with Crippen molar-refractivity contribution in [1.29, 1.82) is 0 Å². The lowest BCUT2D eigenvalue weighted by Crippen LogP contribution is -2.21. The number of rotatable bonds is 6. The Labute approximate surface area is 197 Å². The van der Waals surface area contributed by atoms with E-state index in [1.807, 2.05) is 33.6 Å². The Morgan fingerprint density at radius 2 is 1.94 bits per heavy atom. The first-order valence-corrected chi connectivity index (χ1v) is 11.7. The second kappa shape index (κ2) is 9.65. The number of benzene rings is 2. The van der Waals surface area contributed by atoms with Crippen LogP contribution in [0.15, 0.2) is 71.8 Å². The van der Waals surface area contributed by atoms with Gasteiger partial charge in [-0.25, -0.2) is 9.48 Å². The van der Waals surface area contributed by atoms with Gasteiger partial charge in [0.1, 0.15) is 5.56 Å². The van der Waals surface area contributed by atoms with Gasteiger partial charge in [0.15, 0.2) is 6.23 Å². The zero-order valence-corrected chi connectivity index (χ0v) is 19.1. The van der Waals surface area contributed by atoms with Gasteiger partial charge in [-0.15, -0.1) is 0 Å². The molecule has 34 heavy (non-hydrogen) atoms. The van der Waals surface area contributed by atoms with Crippen molar-refractivity contribution in [3.05, 3.63) is 88.3 Å². The Balaban J connectivity index is 1.45. The van der Waals surface area contributed by atoms with E-state index < -0.39 is 5.97 Å². The van der Waals surface area contributed by atoms with Gasteiger partial charge in [-0.05, 0) is 55.5 Å². The quantitative estimate of drug-likeness (QED) is 0.389. The van der Waals surface area contributed by atoms with Crippen molar-refractivity contribution in [2.45, 2.75) is 39.0 Å². The summed E-state index contributed by atoms with van der Waals surface area (Å²) in [7, 11) is 0. The standard InChI is InChI=1S/C27H27N3O4/c1-2-33-27(32)22-18-29(24-8-4-3-7-21(24)26(22)31)17-19-10-12-20(13-11-19)23-14-15-28-30(23)25-9-5-6-16-34-25/h3-4,7-8,10-15,18,25H,2,5-6,9,16-17H2,1H3. The lowest BCUT2D eigenvalue weighted by Gasteiger charge is -2.24. The van der Waals surface area contributed by atoms with Crippen molar-refractivity contribution in [1.82, 2.24) is 14.3 Å². The molecule has 2 aromatic heterocycles. The molecule has 4 aromatic rings. The van der Waals surface area contributed by atoms with E-state index in [2.05, 4.69) is 29.4 Å². The highest BCUT2D eigenvalue weighted by molar-refractivity contribution is 5.93. The topological polar surface area (TPSA) is 75.3 Å². The molecule has 1 aliphatic heterocycles. The van der Waals surface area contributed by atoms with Crippen LogP contribution in [-0.2, 0) is 16.0 Å². The summed E-state index contributed by atoms with van der Waals surface area (Å²) < 4.78 is 14.9. The fraction of sp³-hybridized carbons (Fsp3) is 0.296. The summed E-state index contributed by atoms with van der Waals surface area (Å²) in [5, 5.41) is 5.01. The number of nitrogens with zero attached hydrogens (tertiary/aromatic N) is 3. The molecule has 3 heterocycles. The number of para-hydroxylation sites is 1. The molecule has 1 unspecified atom stereocenters. The molecule has 1 fully saturated rings. The van der Waals surface area contributed by atoms with Crippen molar-refractivity contribution < 1.29 is 14.3 Å². The number of esters is 1. The number of fused-ring (bicyclic) bond motifs is 1. The number of carbonyl (C=O) groups is 1. The molecule has 0 spiro atoms. The smallest absolute Gasteiger partial charge is 0.343 e. The first-order valence-electron chi connectivity index (χ1n) is 11.7. The van der Waals surface area contributed by atoms with E-state index in [0.29, 0.717) is 11.9 Å². The molecule has 1 saturated heterocycles. The number of carbonyl (C=O) groups excluding carboxylic acids is 1. The fourth-order valence-corrected chi connectivity index (χ4v) is 4.50. The Kier molecular flexibility index (Phi) is 6.27. The first-order chi connectivity index (χ1) is 16.7. The molecule has 0 amide bonds. The van der Waals surface area contributed by atoms with Gasteiger partial charge in [0.05, 0.1) is 17.8 Å². The Bertz CT molecular complexity index is 1360. The summed E-state index contributed by atoms with van der Waals surface area (Å²) in [6.45, 7) is 3.23. The highest BCUT2D eigenvalue weighted by Gasteiger charge is 2.20. The van der Waals surface area contributed by atoms with Gasteiger partial charge < -0.3 is 14.0 Å².